The van der Waals surface area contributed by atoms with Crippen molar-refractivity contribution in [1.29, 1.82) is 0 Å². The number of carbonyl (C=O) groups is 2. The molecule has 3 aromatic carbocycles. The van der Waals surface area contributed by atoms with Crippen LogP contribution < -0.4 is 14.2 Å². The molecule has 2 N–H and O–H groups in total. The number of Topliss-reactive ketones (excluding diaryl/α,β-unsaturated/α-hetero) is 1. The van der Waals surface area contributed by atoms with Gasteiger partial charge >= 0.3 is 0 Å². The second kappa shape index (κ2) is 9.89. The number of hydrogen-bond donors (Lipinski definition) is 2. The Morgan fingerprint density at radius 2 is 1.95 bits per heavy atom. The number of aliphatic hydroxyl groups excluding tert-OH is 1. The normalized spacial score (nSPS) is 18.0. The number of carbonyl (C=O) groups excluding carboxylic acids is 2. The summed E-state index contributed by atoms with van der Waals surface area (Å²) in [7, 11) is 1.55. The minimum atomic E-state index is -0.907. The topological polar surface area (TPSA) is 106 Å². The number of amides is 1. The van der Waals surface area contributed by atoms with Crippen LogP contribution in [0.4, 0.5) is 0 Å². The molecule has 8 nitrogen and oxygen atoms in total. The van der Waals surface area contributed by atoms with Crippen molar-refractivity contribution in [3.8, 4) is 23.0 Å². The van der Waals surface area contributed by atoms with Gasteiger partial charge in [0.05, 0.1) is 31.9 Å². The van der Waals surface area contributed by atoms with Crippen LogP contribution in [0.25, 0.3) is 5.76 Å². The lowest BCUT2D eigenvalue weighted by Crippen LogP contribution is -2.29. The zero-order valence-electron chi connectivity index (χ0n) is 20.6. The maximum atomic E-state index is 13.4. The smallest absolute Gasteiger partial charge is 0.295 e. The highest BCUT2D eigenvalue weighted by Crippen LogP contribution is 2.43. The van der Waals surface area contributed by atoms with E-state index in [1.54, 1.807) is 62.6 Å². The van der Waals surface area contributed by atoms with E-state index in [1.807, 2.05) is 6.07 Å². The molecule has 2 heterocycles. The van der Waals surface area contributed by atoms with Gasteiger partial charge in [-0.15, -0.1) is 0 Å². The van der Waals surface area contributed by atoms with E-state index >= 15 is 0 Å². The summed E-state index contributed by atoms with van der Waals surface area (Å²) in [5.41, 5.74) is 2.60. The van der Waals surface area contributed by atoms with Crippen molar-refractivity contribution >= 4 is 17.4 Å². The van der Waals surface area contributed by atoms with Crippen LogP contribution >= 0.6 is 0 Å². The fourth-order valence-electron chi connectivity index (χ4n) is 4.82. The van der Waals surface area contributed by atoms with Crippen LogP contribution in [0.2, 0.25) is 0 Å². The average molecular weight is 502 g/mol. The van der Waals surface area contributed by atoms with E-state index in [4.69, 9.17) is 14.2 Å². The Labute approximate surface area is 214 Å². The number of likely N-dealkylation sites (tertiary alicyclic amines) is 1. The predicted octanol–water partition coefficient (Wildman–Crippen LogP) is 4.36. The Morgan fingerprint density at radius 1 is 1.11 bits per heavy atom. The summed E-state index contributed by atoms with van der Waals surface area (Å²) in [5, 5.41) is 21.7. The third-order valence-corrected chi connectivity index (χ3v) is 6.59. The molecule has 1 amide bonds. The summed E-state index contributed by atoms with van der Waals surface area (Å²) in [6, 6.07) is 16.2. The van der Waals surface area contributed by atoms with Gasteiger partial charge in [0.1, 0.15) is 17.3 Å². The van der Waals surface area contributed by atoms with Crippen LogP contribution in [0, 0.1) is 0 Å². The number of ether oxygens (including phenoxy) is 3. The molecule has 0 radical (unpaired) electrons. The summed E-state index contributed by atoms with van der Waals surface area (Å²) in [4.78, 5) is 28.2. The number of aromatic hydroxyl groups is 1. The molecule has 0 saturated carbocycles. The van der Waals surface area contributed by atoms with E-state index in [9.17, 15) is 19.8 Å². The summed E-state index contributed by atoms with van der Waals surface area (Å²) in [6.07, 6.45) is 0.694. The number of benzene rings is 3. The van der Waals surface area contributed by atoms with Crippen molar-refractivity contribution in [2.45, 2.75) is 25.9 Å². The maximum Gasteiger partial charge on any atom is 0.295 e. The van der Waals surface area contributed by atoms with Crippen molar-refractivity contribution in [3.05, 3.63) is 88.5 Å². The number of nitrogens with zero attached hydrogens (tertiary/aromatic N) is 1. The number of hydrogen-bond acceptors (Lipinski definition) is 7. The van der Waals surface area contributed by atoms with E-state index < -0.39 is 17.7 Å². The Bertz CT molecular complexity index is 1410. The number of methoxy groups -OCH3 is 1. The number of aliphatic hydroxyl groups is 1. The van der Waals surface area contributed by atoms with Gasteiger partial charge in [0, 0.05) is 18.5 Å². The molecule has 0 aliphatic carbocycles. The molecule has 0 aromatic heterocycles. The minimum Gasteiger partial charge on any atom is -0.507 e. The van der Waals surface area contributed by atoms with Crippen molar-refractivity contribution in [2.75, 3.05) is 20.3 Å². The van der Waals surface area contributed by atoms with Gasteiger partial charge < -0.3 is 29.3 Å². The first-order chi connectivity index (χ1) is 17.9. The van der Waals surface area contributed by atoms with Gasteiger partial charge in [-0.05, 0) is 66.1 Å². The minimum absolute atomic E-state index is 0.0279. The maximum absolute atomic E-state index is 13.4. The number of ketones is 1. The van der Waals surface area contributed by atoms with E-state index in [-0.39, 0.29) is 29.4 Å². The van der Waals surface area contributed by atoms with Crippen LogP contribution in [0.1, 0.15) is 35.2 Å². The first kappa shape index (κ1) is 24.2. The molecule has 1 fully saturated rings. The SMILES string of the molecule is CCOc1cc(C2/C(=C(\O)c3ccc4c(c3)CCO4)C(=O)C(=O)N2Cc2cccc(OC)c2)ccc1O. The molecular weight excluding hydrogens is 474 g/mol. The molecule has 0 bridgehead atoms. The zero-order valence-corrected chi connectivity index (χ0v) is 20.6. The highest BCUT2D eigenvalue weighted by molar-refractivity contribution is 6.46. The molecule has 37 heavy (non-hydrogen) atoms. The Hall–Kier alpha value is -4.46. The van der Waals surface area contributed by atoms with E-state index in [1.165, 1.54) is 11.0 Å². The first-order valence-corrected chi connectivity index (χ1v) is 12.0. The molecule has 2 aliphatic rings. The van der Waals surface area contributed by atoms with Gasteiger partial charge in [-0.1, -0.05) is 18.2 Å². The fraction of sp³-hybridized carbons (Fsp3) is 0.241. The van der Waals surface area contributed by atoms with Gasteiger partial charge in [0.15, 0.2) is 11.5 Å². The van der Waals surface area contributed by atoms with Crippen LogP contribution in [-0.2, 0) is 22.6 Å². The van der Waals surface area contributed by atoms with Crippen molar-refractivity contribution in [1.82, 2.24) is 4.90 Å². The van der Waals surface area contributed by atoms with Gasteiger partial charge in [-0.3, -0.25) is 9.59 Å². The van der Waals surface area contributed by atoms with Gasteiger partial charge in [-0.2, -0.15) is 0 Å². The van der Waals surface area contributed by atoms with Crippen LogP contribution in [0.5, 0.6) is 23.0 Å². The summed E-state index contributed by atoms with van der Waals surface area (Å²) < 4.78 is 16.4. The first-order valence-electron chi connectivity index (χ1n) is 12.0. The number of rotatable bonds is 7. The summed E-state index contributed by atoms with van der Waals surface area (Å²) >= 11 is 0. The largest absolute Gasteiger partial charge is 0.507 e. The Morgan fingerprint density at radius 3 is 2.73 bits per heavy atom. The number of phenolic OH excluding ortho intramolecular Hbond substituents is 1. The van der Waals surface area contributed by atoms with Crippen molar-refractivity contribution < 1.29 is 34.0 Å². The number of phenols is 1. The van der Waals surface area contributed by atoms with Gasteiger partial charge in [-0.25, -0.2) is 0 Å². The lowest BCUT2D eigenvalue weighted by Gasteiger charge is -2.26. The van der Waals surface area contributed by atoms with Crippen LogP contribution in [-0.4, -0.2) is 47.1 Å². The average Bonchev–Trinajstić information content (AvgIpc) is 3.48. The highest BCUT2D eigenvalue weighted by Gasteiger charge is 2.46. The molecule has 1 saturated heterocycles. The van der Waals surface area contributed by atoms with Crippen LogP contribution in [0.3, 0.4) is 0 Å². The molecule has 1 atom stereocenters. The van der Waals surface area contributed by atoms with Gasteiger partial charge in [0.2, 0.25) is 0 Å². The zero-order chi connectivity index (χ0) is 26.1. The standard InChI is InChI=1S/C29H27NO7/c1-3-36-24-15-19(7-9-22(24)31)26-25(27(32)20-8-10-23-18(14-20)11-12-37-23)28(33)29(34)30(26)16-17-5-4-6-21(13-17)35-2/h4-10,13-15,26,31-32H,3,11-12,16H2,1-2H3/b27-25+. The van der Waals surface area contributed by atoms with Crippen molar-refractivity contribution in [2.24, 2.45) is 0 Å². The Kier molecular flexibility index (Phi) is 6.48. The third-order valence-electron chi connectivity index (χ3n) is 6.59. The van der Waals surface area contributed by atoms with Crippen LogP contribution in [0.15, 0.2) is 66.2 Å². The second-order valence-electron chi connectivity index (χ2n) is 8.86. The van der Waals surface area contributed by atoms with E-state index in [2.05, 4.69) is 0 Å². The monoisotopic (exact) mass is 501 g/mol. The lowest BCUT2D eigenvalue weighted by molar-refractivity contribution is -0.140. The van der Waals surface area contributed by atoms with E-state index in [0.29, 0.717) is 36.5 Å². The molecule has 1 unspecified atom stereocenters. The molecule has 8 heteroatoms. The quantitative estimate of drug-likeness (QED) is 0.282. The third kappa shape index (κ3) is 4.46. The fourth-order valence-corrected chi connectivity index (χ4v) is 4.82. The molecule has 190 valence electrons. The van der Waals surface area contributed by atoms with Crippen molar-refractivity contribution in [3.63, 3.8) is 0 Å². The molecule has 0 spiro atoms. The van der Waals surface area contributed by atoms with E-state index in [0.717, 1.165) is 16.9 Å². The van der Waals surface area contributed by atoms with Gasteiger partial charge in [0.25, 0.3) is 11.7 Å². The lowest BCUT2D eigenvalue weighted by atomic mass is 9.94. The highest BCUT2D eigenvalue weighted by atomic mass is 16.5. The summed E-state index contributed by atoms with van der Waals surface area (Å²) in [6.45, 7) is 2.76. The molecule has 3 aromatic rings. The summed E-state index contributed by atoms with van der Waals surface area (Å²) in [5.74, 6) is -0.258. The number of fused-ring (bicyclic) bond motifs is 1. The molecule has 2 aliphatic heterocycles. The second-order valence-corrected chi connectivity index (χ2v) is 8.86. The molecular formula is C29H27NO7. The predicted molar refractivity (Wildman–Crippen MR) is 136 cm³/mol. The molecule has 5 rings (SSSR count). The Balaban J connectivity index is 1.65.